The molecule has 6 nitrogen and oxygen atoms in total. The smallest absolute Gasteiger partial charge is 0.222 e. The molecular formula is C14H24N2O4S. The van der Waals surface area contributed by atoms with E-state index >= 15 is 0 Å². The molecule has 0 unspecified atom stereocenters. The van der Waals surface area contributed by atoms with Crippen molar-refractivity contribution in [2.24, 2.45) is 28.3 Å². The minimum atomic E-state index is -3.49. The van der Waals surface area contributed by atoms with Crippen molar-refractivity contribution in [3.05, 3.63) is 0 Å². The maximum atomic E-state index is 13.0. The number of nitrogens with zero attached hydrogens (tertiary/aromatic N) is 2. The number of ether oxygens (including phenoxy) is 1. The van der Waals surface area contributed by atoms with Crippen LogP contribution in [0.3, 0.4) is 0 Å². The van der Waals surface area contributed by atoms with Gasteiger partial charge in [0, 0.05) is 19.0 Å². The molecule has 7 heteroatoms. The summed E-state index contributed by atoms with van der Waals surface area (Å²) in [6.07, 6.45) is 0.807. The molecule has 3 fully saturated rings. The number of fused-ring (bicyclic) bond motifs is 2. The van der Waals surface area contributed by atoms with E-state index in [0.29, 0.717) is 37.9 Å². The van der Waals surface area contributed by atoms with Gasteiger partial charge in [0.05, 0.1) is 18.9 Å². The van der Waals surface area contributed by atoms with Crippen LogP contribution in [0.5, 0.6) is 0 Å². The van der Waals surface area contributed by atoms with Crippen molar-refractivity contribution in [3.63, 3.8) is 0 Å². The van der Waals surface area contributed by atoms with Crippen LogP contribution in [-0.4, -0.2) is 55.2 Å². The van der Waals surface area contributed by atoms with E-state index in [1.807, 2.05) is 0 Å². The van der Waals surface area contributed by atoms with Crippen molar-refractivity contribution in [2.75, 3.05) is 26.3 Å². The first kappa shape index (κ1) is 15.2. The molecular weight excluding hydrogens is 292 g/mol. The molecule has 1 saturated heterocycles. The number of morpholine rings is 1. The maximum absolute atomic E-state index is 13.0. The molecule has 1 N–H and O–H groups in total. The fraction of sp³-hybridized carbons (Fsp3) is 0.929. The van der Waals surface area contributed by atoms with Crippen LogP contribution in [0.4, 0.5) is 0 Å². The highest BCUT2D eigenvalue weighted by atomic mass is 32.2. The average molecular weight is 316 g/mol. The SMILES string of the molecule is C[C@@H]1[C@H]2C[C@@H]([C@@H](S(=O)(=O)N3CCOCC3)/C2=N\O)C1(C)C. The van der Waals surface area contributed by atoms with Gasteiger partial charge in [-0.2, -0.15) is 4.31 Å². The molecule has 2 aliphatic carbocycles. The van der Waals surface area contributed by atoms with Crippen molar-refractivity contribution >= 4 is 15.7 Å². The van der Waals surface area contributed by atoms with Crippen LogP contribution >= 0.6 is 0 Å². The lowest BCUT2D eigenvalue weighted by atomic mass is 9.69. The first-order valence-corrected chi connectivity index (χ1v) is 9.10. The summed E-state index contributed by atoms with van der Waals surface area (Å²) in [6.45, 7) is 8.07. The third kappa shape index (κ3) is 2.04. The first-order valence-electron chi connectivity index (χ1n) is 7.60. The first-order chi connectivity index (χ1) is 9.81. The molecule has 1 heterocycles. The van der Waals surface area contributed by atoms with E-state index in [9.17, 15) is 13.6 Å². The van der Waals surface area contributed by atoms with Crippen molar-refractivity contribution in [1.82, 2.24) is 4.31 Å². The summed E-state index contributed by atoms with van der Waals surface area (Å²) in [5, 5.41) is 12.1. The van der Waals surface area contributed by atoms with Gasteiger partial charge in [0.1, 0.15) is 5.25 Å². The van der Waals surface area contributed by atoms with E-state index < -0.39 is 15.3 Å². The fourth-order valence-electron chi connectivity index (χ4n) is 4.40. The minimum Gasteiger partial charge on any atom is -0.411 e. The second-order valence-corrected chi connectivity index (χ2v) is 9.11. The van der Waals surface area contributed by atoms with Crippen molar-refractivity contribution in [1.29, 1.82) is 0 Å². The Hall–Kier alpha value is -0.660. The molecule has 0 spiro atoms. The average Bonchev–Trinajstić information content (AvgIpc) is 2.96. The summed E-state index contributed by atoms with van der Waals surface area (Å²) in [6, 6.07) is 0. The highest BCUT2D eigenvalue weighted by molar-refractivity contribution is 7.90. The maximum Gasteiger partial charge on any atom is 0.222 e. The normalized spacial score (nSPS) is 41.8. The Morgan fingerprint density at radius 3 is 2.52 bits per heavy atom. The van der Waals surface area contributed by atoms with Crippen LogP contribution in [0.1, 0.15) is 27.2 Å². The monoisotopic (exact) mass is 316 g/mol. The van der Waals surface area contributed by atoms with Gasteiger partial charge >= 0.3 is 0 Å². The van der Waals surface area contributed by atoms with Crippen LogP contribution in [0.15, 0.2) is 5.16 Å². The highest BCUT2D eigenvalue weighted by Crippen LogP contribution is 2.59. The topological polar surface area (TPSA) is 79.2 Å². The molecule has 3 aliphatic rings. The molecule has 3 rings (SSSR count). The van der Waals surface area contributed by atoms with Gasteiger partial charge in [-0.15, -0.1) is 0 Å². The van der Waals surface area contributed by atoms with Crippen LogP contribution in [0, 0.1) is 23.2 Å². The lowest BCUT2D eigenvalue weighted by molar-refractivity contribution is 0.0719. The van der Waals surface area contributed by atoms with E-state index in [-0.39, 0.29) is 17.3 Å². The molecule has 21 heavy (non-hydrogen) atoms. The number of sulfonamides is 1. The molecule has 0 aromatic carbocycles. The van der Waals surface area contributed by atoms with Gasteiger partial charge < -0.3 is 9.94 Å². The van der Waals surface area contributed by atoms with Gasteiger partial charge in [0.2, 0.25) is 10.0 Å². The Morgan fingerprint density at radius 1 is 1.33 bits per heavy atom. The molecule has 120 valence electrons. The Kier molecular flexibility index (Phi) is 3.58. The van der Waals surface area contributed by atoms with E-state index in [2.05, 4.69) is 25.9 Å². The zero-order valence-electron chi connectivity index (χ0n) is 12.8. The van der Waals surface area contributed by atoms with Crippen LogP contribution in [0.25, 0.3) is 0 Å². The fourth-order valence-corrected chi connectivity index (χ4v) is 6.78. The quantitative estimate of drug-likeness (QED) is 0.612. The lowest BCUT2D eigenvalue weighted by Crippen LogP contribution is -2.53. The zero-order valence-corrected chi connectivity index (χ0v) is 13.6. The zero-order chi connectivity index (χ0) is 15.4. The van der Waals surface area contributed by atoms with Crippen LogP contribution in [0.2, 0.25) is 0 Å². The van der Waals surface area contributed by atoms with Gasteiger partial charge in [-0.25, -0.2) is 8.42 Å². The Morgan fingerprint density at radius 2 is 1.95 bits per heavy atom. The van der Waals surface area contributed by atoms with E-state index in [1.54, 1.807) is 0 Å². The molecule has 0 aromatic rings. The predicted molar refractivity (Wildman–Crippen MR) is 78.9 cm³/mol. The minimum absolute atomic E-state index is 0.0243. The van der Waals surface area contributed by atoms with Crippen LogP contribution in [-0.2, 0) is 14.8 Å². The van der Waals surface area contributed by atoms with Crippen molar-refractivity contribution < 1.29 is 18.4 Å². The van der Waals surface area contributed by atoms with Gasteiger partial charge in [-0.05, 0) is 23.7 Å². The summed E-state index contributed by atoms with van der Waals surface area (Å²) < 4.78 is 32.8. The summed E-state index contributed by atoms with van der Waals surface area (Å²) in [4.78, 5) is 0. The van der Waals surface area contributed by atoms with Gasteiger partial charge in [0.25, 0.3) is 0 Å². The summed E-state index contributed by atoms with van der Waals surface area (Å²) in [5.41, 5.74) is 0.418. The van der Waals surface area contributed by atoms with Gasteiger partial charge in [-0.3, -0.25) is 0 Å². The Balaban J connectivity index is 1.97. The summed E-state index contributed by atoms with van der Waals surface area (Å²) in [5.74, 6) is 0.441. The second-order valence-electron chi connectivity index (χ2n) is 7.06. The summed E-state index contributed by atoms with van der Waals surface area (Å²) >= 11 is 0. The number of hydrogen-bond donors (Lipinski definition) is 1. The van der Waals surface area contributed by atoms with E-state index in [4.69, 9.17) is 4.74 Å². The van der Waals surface area contributed by atoms with Gasteiger partial charge in [-0.1, -0.05) is 25.9 Å². The van der Waals surface area contributed by atoms with Gasteiger partial charge in [0.15, 0.2) is 0 Å². The number of oxime groups is 1. The second kappa shape index (κ2) is 4.93. The molecule has 1 aliphatic heterocycles. The standard InChI is InChI=1S/C14H24N2O4S/c1-9-10-8-11(14(9,2)3)13(12(10)15-17)21(18,19)16-4-6-20-7-5-16/h9-11,13,17H,4-8H2,1-3H3/b15-12-/t9-,10-,11+,13-/m1/s1. The molecule has 4 atom stereocenters. The van der Waals surface area contributed by atoms with E-state index in [0.717, 1.165) is 6.42 Å². The van der Waals surface area contributed by atoms with Crippen LogP contribution < -0.4 is 0 Å². The molecule has 2 saturated carbocycles. The molecule has 0 aromatic heterocycles. The van der Waals surface area contributed by atoms with E-state index in [1.165, 1.54) is 4.31 Å². The third-order valence-corrected chi connectivity index (χ3v) is 8.34. The summed E-state index contributed by atoms with van der Waals surface area (Å²) in [7, 11) is -3.49. The van der Waals surface area contributed by atoms with Crippen molar-refractivity contribution in [2.45, 2.75) is 32.4 Å². The molecule has 0 radical (unpaired) electrons. The predicted octanol–water partition coefficient (Wildman–Crippen LogP) is 1.16. The highest BCUT2D eigenvalue weighted by Gasteiger charge is 2.63. The number of hydrogen-bond acceptors (Lipinski definition) is 5. The largest absolute Gasteiger partial charge is 0.411 e. The third-order valence-electron chi connectivity index (χ3n) is 6.04. The number of rotatable bonds is 2. The lowest BCUT2D eigenvalue weighted by Gasteiger charge is -2.42. The van der Waals surface area contributed by atoms with Crippen molar-refractivity contribution in [3.8, 4) is 0 Å². The Bertz CT molecular complexity index is 551. The molecule has 2 bridgehead atoms. The Labute approximate surface area is 126 Å². The molecule has 0 amide bonds.